The molecule has 4 nitrogen and oxygen atoms in total. The molecule has 0 spiro atoms. The number of carbonyl (C=O) groups is 2. The molecule has 1 fully saturated rings. The number of nitrogens with one attached hydrogen (secondary N) is 1. The van der Waals surface area contributed by atoms with E-state index in [1.54, 1.807) is 0 Å². The van der Waals surface area contributed by atoms with Gasteiger partial charge in [-0.25, -0.2) is 0 Å². The second kappa shape index (κ2) is 7.67. The molecule has 3 atom stereocenters. The van der Waals surface area contributed by atoms with Gasteiger partial charge in [-0.1, -0.05) is 26.7 Å². The summed E-state index contributed by atoms with van der Waals surface area (Å²) in [6.07, 6.45) is 3.62. The van der Waals surface area contributed by atoms with Crippen molar-refractivity contribution >= 4 is 23.6 Å². The highest BCUT2D eigenvalue weighted by Crippen LogP contribution is 2.29. The Hall–Kier alpha value is -0.710. The smallest absolute Gasteiger partial charge is 0.304 e. The van der Waals surface area contributed by atoms with Gasteiger partial charge in [0, 0.05) is 11.8 Å². The maximum atomic E-state index is 11.7. The van der Waals surface area contributed by atoms with Gasteiger partial charge in [0.25, 0.3) is 0 Å². The van der Waals surface area contributed by atoms with E-state index in [4.69, 9.17) is 5.11 Å². The van der Waals surface area contributed by atoms with Gasteiger partial charge in [-0.2, -0.15) is 11.8 Å². The second-order valence-corrected chi connectivity index (χ2v) is 6.24. The summed E-state index contributed by atoms with van der Waals surface area (Å²) in [5.74, 6) is 1.30. The Bertz CT molecular complexity index is 296. The molecule has 0 aliphatic heterocycles. The number of hydrogen-bond acceptors (Lipinski definition) is 3. The molecule has 1 aliphatic carbocycles. The summed E-state index contributed by atoms with van der Waals surface area (Å²) in [5, 5.41) is 11.6. The Balaban J connectivity index is 2.20. The Labute approximate surface area is 113 Å². The Kier molecular flexibility index (Phi) is 6.54. The van der Waals surface area contributed by atoms with Crippen molar-refractivity contribution in [2.75, 3.05) is 11.5 Å². The molecule has 0 heterocycles. The number of thioether (sulfide) groups is 1. The molecule has 0 aromatic heterocycles. The number of aliphatic carboxylic acids is 1. The van der Waals surface area contributed by atoms with Crippen LogP contribution in [-0.2, 0) is 9.59 Å². The maximum Gasteiger partial charge on any atom is 0.304 e. The molecule has 1 rings (SSSR count). The zero-order chi connectivity index (χ0) is 13.5. The summed E-state index contributed by atoms with van der Waals surface area (Å²) in [7, 11) is 0. The first-order valence-corrected chi connectivity index (χ1v) is 7.75. The van der Waals surface area contributed by atoms with Crippen molar-refractivity contribution in [2.45, 2.75) is 45.6 Å². The normalized spacial score (nSPS) is 27.8. The molecular weight excluding hydrogens is 250 g/mol. The Morgan fingerprint density at radius 2 is 2.06 bits per heavy atom. The standard InChI is InChI=1S/C13H23NO3S/c1-9-4-3-5-11(10(9)2)14-12(15)8-18-7-6-13(16)17/h9-11H,3-8H2,1-2H3,(H,14,15)(H,16,17)/t9-,10+,11-/m0/s1. The number of carboxylic acids is 1. The molecule has 1 saturated carbocycles. The minimum atomic E-state index is -0.808. The van der Waals surface area contributed by atoms with Gasteiger partial charge in [-0.15, -0.1) is 0 Å². The van der Waals surface area contributed by atoms with Gasteiger partial charge < -0.3 is 10.4 Å². The summed E-state index contributed by atoms with van der Waals surface area (Å²) in [6, 6.07) is 0.293. The minimum Gasteiger partial charge on any atom is -0.481 e. The lowest BCUT2D eigenvalue weighted by Crippen LogP contribution is -2.44. The van der Waals surface area contributed by atoms with Crippen molar-refractivity contribution in [2.24, 2.45) is 11.8 Å². The number of hydrogen-bond donors (Lipinski definition) is 2. The number of rotatable bonds is 6. The van der Waals surface area contributed by atoms with Crippen LogP contribution in [0.2, 0.25) is 0 Å². The molecule has 0 bridgehead atoms. The average Bonchev–Trinajstić information content (AvgIpc) is 2.30. The van der Waals surface area contributed by atoms with Crippen LogP contribution in [-0.4, -0.2) is 34.5 Å². The fourth-order valence-electron chi connectivity index (χ4n) is 2.36. The van der Waals surface area contributed by atoms with E-state index in [-0.39, 0.29) is 12.3 Å². The number of carboxylic acid groups (broad SMARTS) is 1. The van der Waals surface area contributed by atoms with Gasteiger partial charge in [-0.3, -0.25) is 9.59 Å². The molecular formula is C13H23NO3S. The molecule has 0 unspecified atom stereocenters. The lowest BCUT2D eigenvalue weighted by atomic mass is 9.78. The molecule has 18 heavy (non-hydrogen) atoms. The quantitative estimate of drug-likeness (QED) is 0.728. The predicted molar refractivity (Wildman–Crippen MR) is 73.7 cm³/mol. The molecule has 104 valence electrons. The summed E-state index contributed by atoms with van der Waals surface area (Å²) in [6.45, 7) is 4.44. The number of amides is 1. The maximum absolute atomic E-state index is 11.7. The SMILES string of the molecule is C[C@H]1[C@@H](NC(=O)CSCCC(=O)O)CCC[C@@H]1C. The summed E-state index contributed by atoms with van der Waals surface area (Å²) < 4.78 is 0. The van der Waals surface area contributed by atoms with E-state index >= 15 is 0 Å². The average molecular weight is 273 g/mol. The highest BCUT2D eigenvalue weighted by Gasteiger charge is 2.27. The molecule has 5 heteroatoms. The van der Waals surface area contributed by atoms with Crippen molar-refractivity contribution in [3.8, 4) is 0 Å². The zero-order valence-corrected chi connectivity index (χ0v) is 12.0. The first-order valence-electron chi connectivity index (χ1n) is 6.59. The van der Waals surface area contributed by atoms with E-state index in [0.717, 1.165) is 6.42 Å². The van der Waals surface area contributed by atoms with Crippen LogP contribution in [0.5, 0.6) is 0 Å². The fraction of sp³-hybridized carbons (Fsp3) is 0.846. The molecule has 0 radical (unpaired) electrons. The molecule has 1 amide bonds. The topological polar surface area (TPSA) is 66.4 Å². The van der Waals surface area contributed by atoms with Gasteiger partial charge in [0.05, 0.1) is 12.2 Å². The second-order valence-electron chi connectivity index (χ2n) is 5.14. The fourth-order valence-corrected chi connectivity index (χ4v) is 3.09. The van der Waals surface area contributed by atoms with Crippen LogP contribution in [0.1, 0.15) is 39.5 Å². The monoisotopic (exact) mass is 273 g/mol. The van der Waals surface area contributed by atoms with Crippen molar-refractivity contribution in [3.05, 3.63) is 0 Å². The Morgan fingerprint density at radius 1 is 1.33 bits per heavy atom. The molecule has 0 aromatic carbocycles. The third-order valence-electron chi connectivity index (χ3n) is 3.75. The zero-order valence-electron chi connectivity index (χ0n) is 11.1. The van der Waals surface area contributed by atoms with Crippen LogP contribution in [0.4, 0.5) is 0 Å². The van der Waals surface area contributed by atoms with E-state index in [1.807, 2.05) is 0 Å². The van der Waals surface area contributed by atoms with E-state index in [0.29, 0.717) is 29.4 Å². The highest BCUT2D eigenvalue weighted by molar-refractivity contribution is 7.99. The highest BCUT2D eigenvalue weighted by atomic mass is 32.2. The van der Waals surface area contributed by atoms with Gasteiger partial charge in [0.2, 0.25) is 5.91 Å². The van der Waals surface area contributed by atoms with Crippen LogP contribution in [0, 0.1) is 11.8 Å². The molecule has 0 saturated heterocycles. The van der Waals surface area contributed by atoms with Gasteiger partial charge in [0.15, 0.2) is 0 Å². The third kappa shape index (κ3) is 5.29. The number of carbonyl (C=O) groups excluding carboxylic acids is 1. The molecule has 0 aromatic rings. The summed E-state index contributed by atoms with van der Waals surface area (Å²) >= 11 is 1.39. The molecule has 2 N–H and O–H groups in total. The summed E-state index contributed by atoms with van der Waals surface area (Å²) in [5.41, 5.74) is 0. The van der Waals surface area contributed by atoms with Crippen LogP contribution < -0.4 is 5.32 Å². The first-order chi connectivity index (χ1) is 8.50. The van der Waals surface area contributed by atoms with Crippen molar-refractivity contribution in [3.63, 3.8) is 0 Å². The van der Waals surface area contributed by atoms with Crippen LogP contribution in [0.15, 0.2) is 0 Å². The minimum absolute atomic E-state index is 0.0383. The predicted octanol–water partition coefficient (Wildman–Crippen LogP) is 2.14. The summed E-state index contributed by atoms with van der Waals surface area (Å²) in [4.78, 5) is 22.1. The lowest BCUT2D eigenvalue weighted by molar-refractivity contribution is -0.136. The van der Waals surface area contributed by atoms with Gasteiger partial charge >= 0.3 is 5.97 Å². The van der Waals surface area contributed by atoms with E-state index in [9.17, 15) is 9.59 Å². The lowest BCUT2D eigenvalue weighted by Gasteiger charge is -2.34. The van der Waals surface area contributed by atoms with E-state index in [1.165, 1.54) is 24.6 Å². The first kappa shape index (κ1) is 15.3. The van der Waals surface area contributed by atoms with Gasteiger partial charge in [-0.05, 0) is 18.3 Å². The van der Waals surface area contributed by atoms with Crippen LogP contribution in [0.3, 0.4) is 0 Å². The van der Waals surface area contributed by atoms with Crippen molar-refractivity contribution in [1.82, 2.24) is 5.32 Å². The van der Waals surface area contributed by atoms with Crippen LogP contribution >= 0.6 is 11.8 Å². The van der Waals surface area contributed by atoms with E-state index < -0.39 is 5.97 Å². The molecule has 1 aliphatic rings. The largest absolute Gasteiger partial charge is 0.481 e. The van der Waals surface area contributed by atoms with Crippen molar-refractivity contribution < 1.29 is 14.7 Å². The Morgan fingerprint density at radius 3 is 2.72 bits per heavy atom. The van der Waals surface area contributed by atoms with E-state index in [2.05, 4.69) is 19.2 Å². The van der Waals surface area contributed by atoms with Gasteiger partial charge in [0.1, 0.15) is 0 Å². The third-order valence-corrected chi connectivity index (χ3v) is 4.71. The van der Waals surface area contributed by atoms with Crippen LogP contribution in [0.25, 0.3) is 0 Å². The van der Waals surface area contributed by atoms with Crippen molar-refractivity contribution in [1.29, 1.82) is 0 Å².